The summed E-state index contributed by atoms with van der Waals surface area (Å²) in [4.78, 5) is 8.80. The van der Waals surface area contributed by atoms with Crippen molar-refractivity contribution in [1.29, 1.82) is 0 Å². The molecule has 6 heteroatoms. The van der Waals surface area contributed by atoms with Gasteiger partial charge in [0.15, 0.2) is 5.82 Å². The number of aromatic nitrogens is 2. The van der Waals surface area contributed by atoms with Gasteiger partial charge in [-0.1, -0.05) is 15.9 Å². The summed E-state index contributed by atoms with van der Waals surface area (Å²) in [5, 5.41) is 0. The molecular weight excluding hydrogens is 311 g/mol. The van der Waals surface area contributed by atoms with E-state index in [0.717, 1.165) is 23.0 Å². The quantitative estimate of drug-likeness (QED) is 0.672. The van der Waals surface area contributed by atoms with Gasteiger partial charge in [0.05, 0.1) is 0 Å². The molecule has 0 unspecified atom stereocenters. The Hall–Kier alpha value is -1.53. The zero-order valence-corrected chi connectivity index (χ0v) is 11.6. The summed E-state index contributed by atoms with van der Waals surface area (Å²) < 4.78 is 14.1. The van der Waals surface area contributed by atoms with Crippen molar-refractivity contribution >= 4 is 21.7 Å². The SMILES string of the molecule is NNc1cc(C2CC2)nc(-c2cc(F)ccc2Br)n1. The number of hydrogen-bond donors (Lipinski definition) is 2. The molecule has 0 radical (unpaired) electrons. The molecule has 1 saturated carbocycles. The average molecular weight is 323 g/mol. The third-order valence-electron chi connectivity index (χ3n) is 3.06. The van der Waals surface area contributed by atoms with E-state index in [4.69, 9.17) is 5.84 Å². The van der Waals surface area contributed by atoms with Crippen molar-refractivity contribution in [3.8, 4) is 11.4 Å². The first kappa shape index (κ1) is 12.5. The van der Waals surface area contributed by atoms with Gasteiger partial charge in [-0.2, -0.15) is 0 Å². The van der Waals surface area contributed by atoms with Crippen molar-refractivity contribution in [1.82, 2.24) is 9.97 Å². The van der Waals surface area contributed by atoms with Gasteiger partial charge in [0, 0.05) is 27.7 Å². The second kappa shape index (κ2) is 4.86. The summed E-state index contributed by atoms with van der Waals surface area (Å²) in [7, 11) is 0. The average Bonchev–Trinajstić information content (AvgIpc) is 3.25. The Morgan fingerprint density at radius 2 is 2.05 bits per heavy atom. The van der Waals surface area contributed by atoms with Crippen LogP contribution in [0.4, 0.5) is 10.2 Å². The van der Waals surface area contributed by atoms with Crippen LogP contribution in [0.25, 0.3) is 11.4 Å². The van der Waals surface area contributed by atoms with Crippen LogP contribution in [-0.2, 0) is 0 Å². The van der Waals surface area contributed by atoms with Crippen LogP contribution in [0.2, 0.25) is 0 Å². The maximum atomic E-state index is 13.4. The number of nitrogen functional groups attached to an aromatic ring is 1. The molecule has 1 aliphatic carbocycles. The molecule has 4 nitrogen and oxygen atoms in total. The summed E-state index contributed by atoms with van der Waals surface area (Å²) in [6.45, 7) is 0. The topological polar surface area (TPSA) is 63.8 Å². The molecule has 1 aromatic carbocycles. The van der Waals surface area contributed by atoms with Gasteiger partial charge in [-0.3, -0.25) is 0 Å². The van der Waals surface area contributed by atoms with Crippen molar-refractivity contribution in [3.05, 3.63) is 40.2 Å². The third kappa shape index (κ3) is 2.59. The number of nitrogens with two attached hydrogens (primary N) is 1. The van der Waals surface area contributed by atoms with Gasteiger partial charge in [0.2, 0.25) is 0 Å². The van der Waals surface area contributed by atoms with Gasteiger partial charge in [-0.05, 0) is 31.0 Å². The first-order valence-corrected chi connectivity index (χ1v) is 6.77. The summed E-state index contributed by atoms with van der Waals surface area (Å²) in [5.74, 6) is 6.60. The summed E-state index contributed by atoms with van der Waals surface area (Å²) in [5.41, 5.74) is 4.11. The van der Waals surface area contributed by atoms with E-state index in [1.165, 1.54) is 12.1 Å². The van der Waals surface area contributed by atoms with Crippen molar-refractivity contribution in [2.24, 2.45) is 5.84 Å². The standard InChI is InChI=1S/C13H12BrFN4/c14-10-4-3-8(15)5-9(10)13-17-11(7-1-2-7)6-12(18-13)19-16/h3-7H,1-2,16H2,(H,17,18,19). The van der Waals surface area contributed by atoms with E-state index in [0.29, 0.717) is 23.1 Å². The molecule has 0 spiro atoms. The molecule has 0 amide bonds. The van der Waals surface area contributed by atoms with E-state index >= 15 is 0 Å². The Bertz CT molecular complexity index is 628. The Morgan fingerprint density at radius 3 is 2.74 bits per heavy atom. The van der Waals surface area contributed by atoms with Gasteiger partial charge < -0.3 is 5.43 Å². The predicted molar refractivity (Wildman–Crippen MR) is 74.9 cm³/mol. The summed E-state index contributed by atoms with van der Waals surface area (Å²) in [6, 6.07) is 6.29. The molecule has 0 bridgehead atoms. The highest BCUT2D eigenvalue weighted by Gasteiger charge is 2.26. The number of benzene rings is 1. The van der Waals surface area contributed by atoms with Crippen molar-refractivity contribution in [3.63, 3.8) is 0 Å². The van der Waals surface area contributed by atoms with Crippen LogP contribution in [0.5, 0.6) is 0 Å². The Labute approximate surface area is 118 Å². The number of nitrogens with zero attached hydrogens (tertiary/aromatic N) is 2. The smallest absolute Gasteiger partial charge is 0.163 e. The minimum Gasteiger partial charge on any atom is -0.308 e. The first-order chi connectivity index (χ1) is 9.17. The predicted octanol–water partition coefficient (Wildman–Crippen LogP) is 3.21. The lowest BCUT2D eigenvalue weighted by Crippen LogP contribution is -2.10. The van der Waals surface area contributed by atoms with E-state index in [1.54, 1.807) is 6.07 Å². The lowest BCUT2D eigenvalue weighted by molar-refractivity contribution is 0.628. The fourth-order valence-corrected chi connectivity index (χ4v) is 2.34. The van der Waals surface area contributed by atoms with Gasteiger partial charge in [-0.25, -0.2) is 20.2 Å². The molecule has 19 heavy (non-hydrogen) atoms. The van der Waals surface area contributed by atoms with Crippen LogP contribution in [0, 0.1) is 5.82 Å². The molecule has 0 aliphatic heterocycles. The van der Waals surface area contributed by atoms with Crippen molar-refractivity contribution in [2.45, 2.75) is 18.8 Å². The molecule has 2 aromatic rings. The van der Waals surface area contributed by atoms with E-state index in [9.17, 15) is 4.39 Å². The van der Waals surface area contributed by atoms with Crippen LogP contribution in [0.1, 0.15) is 24.5 Å². The second-order valence-corrected chi connectivity index (χ2v) is 5.40. The number of hydrazine groups is 1. The molecular formula is C13H12BrFN4. The fraction of sp³-hybridized carbons (Fsp3) is 0.231. The van der Waals surface area contributed by atoms with Gasteiger partial charge in [-0.15, -0.1) is 0 Å². The molecule has 1 heterocycles. The highest BCUT2D eigenvalue weighted by atomic mass is 79.9. The van der Waals surface area contributed by atoms with E-state index in [2.05, 4.69) is 31.3 Å². The molecule has 1 aliphatic rings. The summed E-state index contributed by atoms with van der Waals surface area (Å²) >= 11 is 3.39. The second-order valence-electron chi connectivity index (χ2n) is 4.54. The highest BCUT2D eigenvalue weighted by Crippen LogP contribution is 2.40. The van der Waals surface area contributed by atoms with Crippen LogP contribution in [0.3, 0.4) is 0 Å². The van der Waals surface area contributed by atoms with Crippen molar-refractivity contribution < 1.29 is 4.39 Å². The highest BCUT2D eigenvalue weighted by molar-refractivity contribution is 9.10. The van der Waals surface area contributed by atoms with Crippen LogP contribution in [0.15, 0.2) is 28.7 Å². The molecule has 3 N–H and O–H groups in total. The van der Waals surface area contributed by atoms with Crippen LogP contribution < -0.4 is 11.3 Å². The van der Waals surface area contributed by atoms with Gasteiger partial charge >= 0.3 is 0 Å². The lowest BCUT2D eigenvalue weighted by atomic mass is 10.2. The molecule has 1 aromatic heterocycles. The number of nitrogens with one attached hydrogen (secondary N) is 1. The maximum Gasteiger partial charge on any atom is 0.163 e. The minimum absolute atomic E-state index is 0.319. The van der Waals surface area contributed by atoms with E-state index < -0.39 is 0 Å². The number of anilines is 1. The molecule has 98 valence electrons. The minimum atomic E-state index is -0.319. The normalized spacial score (nSPS) is 14.5. The zero-order valence-electron chi connectivity index (χ0n) is 10.0. The number of halogens is 2. The van der Waals surface area contributed by atoms with E-state index in [-0.39, 0.29) is 5.82 Å². The summed E-state index contributed by atoms with van der Waals surface area (Å²) in [6.07, 6.45) is 2.26. The lowest BCUT2D eigenvalue weighted by Gasteiger charge is -2.08. The Kier molecular flexibility index (Phi) is 3.20. The van der Waals surface area contributed by atoms with Crippen molar-refractivity contribution in [2.75, 3.05) is 5.43 Å². The molecule has 0 atom stereocenters. The largest absolute Gasteiger partial charge is 0.308 e. The molecule has 3 rings (SSSR count). The van der Waals surface area contributed by atoms with E-state index in [1.807, 2.05) is 6.07 Å². The zero-order chi connectivity index (χ0) is 13.4. The molecule has 0 saturated heterocycles. The fourth-order valence-electron chi connectivity index (χ4n) is 1.92. The van der Waals surface area contributed by atoms with Crippen LogP contribution in [-0.4, -0.2) is 9.97 Å². The van der Waals surface area contributed by atoms with Crippen LogP contribution >= 0.6 is 15.9 Å². The first-order valence-electron chi connectivity index (χ1n) is 5.98. The number of hydrogen-bond acceptors (Lipinski definition) is 4. The Balaban J connectivity index is 2.12. The van der Waals surface area contributed by atoms with Gasteiger partial charge in [0.1, 0.15) is 11.6 Å². The maximum absolute atomic E-state index is 13.4. The molecule has 1 fully saturated rings. The Morgan fingerprint density at radius 1 is 1.26 bits per heavy atom. The monoisotopic (exact) mass is 322 g/mol. The van der Waals surface area contributed by atoms with Gasteiger partial charge in [0.25, 0.3) is 0 Å². The number of rotatable bonds is 3. The third-order valence-corrected chi connectivity index (χ3v) is 3.75.